The number of fused-ring (bicyclic) bond motifs is 1. The minimum absolute atomic E-state index is 0.682. The lowest BCUT2D eigenvalue weighted by molar-refractivity contribution is 0.735. The van der Waals surface area contributed by atoms with Gasteiger partial charge in [-0.2, -0.15) is 16.9 Å². The molecule has 0 N–H and O–H groups in total. The predicted molar refractivity (Wildman–Crippen MR) is 105 cm³/mol. The van der Waals surface area contributed by atoms with Crippen LogP contribution >= 0.6 is 11.8 Å². The molecule has 25 heavy (non-hydrogen) atoms. The molecule has 0 aliphatic carbocycles. The van der Waals surface area contributed by atoms with E-state index in [1.165, 1.54) is 25.0 Å². The SMILES string of the molecule is CCSC1CCCCN(c2ncnc3c2cnn3-c2ccccc2)C1. The normalized spacial score (nSPS) is 18.4. The van der Waals surface area contributed by atoms with Crippen LogP contribution in [0.3, 0.4) is 0 Å². The summed E-state index contributed by atoms with van der Waals surface area (Å²) in [5.74, 6) is 2.19. The molecule has 6 heteroatoms. The molecule has 1 unspecified atom stereocenters. The Bertz CT molecular complexity index is 832. The van der Waals surface area contributed by atoms with Gasteiger partial charge in [0.15, 0.2) is 5.65 Å². The summed E-state index contributed by atoms with van der Waals surface area (Å²) in [4.78, 5) is 11.6. The maximum Gasteiger partial charge on any atom is 0.168 e. The van der Waals surface area contributed by atoms with Crippen LogP contribution in [0.5, 0.6) is 0 Å². The molecular formula is C19H23N5S. The Kier molecular flexibility index (Phi) is 4.88. The van der Waals surface area contributed by atoms with Crippen molar-refractivity contribution in [2.24, 2.45) is 0 Å². The van der Waals surface area contributed by atoms with Gasteiger partial charge in [0.2, 0.25) is 0 Å². The number of hydrogen-bond donors (Lipinski definition) is 0. The summed E-state index contributed by atoms with van der Waals surface area (Å²) in [6.45, 7) is 4.36. The number of hydrogen-bond acceptors (Lipinski definition) is 5. The van der Waals surface area contributed by atoms with Gasteiger partial charge >= 0.3 is 0 Å². The summed E-state index contributed by atoms with van der Waals surface area (Å²) in [7, 11) is 0. The van der Waals surface area contributed by atoms with Crippen molar-refractivity contribution in [2.75, 3.05) is 23.7 Å². The van der Waals surface area contributed by atoms with Crippen molar-refractivity contribution in [3.05, 3.63) is 42.9 Å². The van der Waals surface area contributed by atoms with Gasteiger partial charge in [0.05, 0.1) is 17.3 Å². The highest BCUT2D eigenvalue weighted by atomic mass is 32.2. The van der Waals surface area contributed by atoms with Crippen LogP contribution < -0.4 is 4.90 Å². The first kappa shape index (κ1) is 16.4. The maximum absolute atomic E-state index is 4.63. The van der Waals surface area contributed by atoms with Crippen molar-refractivity contribution in [3.63, 3.8) is 0 Å². The number of thioether (sulfide) groups is 1. The van der Waals surface area contributed by atoms with Gasteiger partial charge in [0, 0.05) is 18.3 Å². The maximum atomic E-state index is 4.63. The van der Waals surface area contributed by atoms with Gasteiger partial charge in [0.1, 0.15) is 12.1 Å². The largest absolute Gasteiger partial charge is 0.355 e. The molecule has 0 radical (unpaired) electrons. The minimum Gasteiger partial charge on any atom is -0.355 e. The lowest BCUT2D eigenvalue weighted by Crippen LogP contribution is -2.30. The molecule has 3 aromatic rings. The molecule has 4 rings (SSSR count). The van der Waals surface area contributed by atoms with Gasteiger partial charge in [-0.05, 0) is 30.7 Å². The smallest absolute Gasteiger partial charge is 0.168 e. The number of para-hydroxylation sites is 1. The van der Waals surface area contributed by atoms with E-state index in [0.29, 0.717) is 5.25 Å². The van der Waals surface area contributed by atoms with E-state index in [1.807, 2.05) is 41.2 Å². The van der Waals surface area contributed by atoms with E-state index >= 15 is 0 Å². The topological polar surface area (TPSA) is 46.8 Å². The van der Waals surface area contributed by atoms with Gasteiger partial charge in [-0.15, -0.1) is 0 Å². The molecule has 1 fully saturated rings. The van der Waals surface area contributed by atoms with E-state index in [0.717, 1.165) is 35.6 Å². The molecule has 2 aromatic heterocycles. The Morgan fingerprint density at radius 3 is 2.88 bits per heavy atom. The van der Waals surface area contributed by atoms with Crippen LogP contribution in [0, 0.1) is 0 Å². The fraction of sp³-hybridized carbons (Fsp3) is 0.421. The fourth-order valence-corrected chi connectivity index (χ4v) is 4.60. The molecule has 5 nitrogen and oxygen atoms in total. The standard InChI is InChI=1S/C19H23N5S/c1-2-25-16-10-6-7-11-23(13-16)18-17-12-22-24(19(17)21-14-20-18)15-8-4-3-5-9-15/h3-5,8-9,12,14,16H,2,6-7,10-11,13H2,1H3. The van der Waals surface area contributed by atoms with Gasteiger partial charge in [0.25, 0.3) is 0 Å². The van der Waals surface area contributed by atoms with Crippen molar-refractivity contribution >= 4 is 28.6 Å². The predicted octanol–water partition coefficient (Wildman–Crippen LogP) is 3.93. The van der Waals surface area contributed by atoms with Crippen molar-refractivity contribution in [3.8, 4) is 5.69 Å². The number of rotatable bonds is 4. The van der Waals surface area contributed by atoms with E-state index in [-0.39, 0.29) is 0 Å². The van der Waals surface area contributed by atoms with Gasteiger partial charge in [-0.25, -0.2) is 14.6 Å². The third-order valence-electron chi connectivity index (χ3n) is 4.68. The van der Waals surface area contributed by atoms with E-state index in [4.69, 9.17) is 0 Å². The molecule has 1 aliphatic rings. The molecule has 0 bridgehead atoms. The Labute approximate surface area is 152 Å². The summed E-state index contributed by atoms with van der Waals surface area (Å²) in [6.07, 6.45) is 7.40. The van der Waals surface area contributed by atoms with Crippen LogP contribution in [0.15, 0.2) is 42.9 Å². The highest BCUT2D eigenvalue weighted by Gasteiger charge is 2.22. The van der Waals surface area contributed by atoms with Crippen LogP contribution in [-0.2, 0) is 0 Å². The average molecular weight is 353 g/mol. The first-order chi connectivity index (χ1) is 12.4. The molecule has 1 saturated heterocycles. The molecule has 0 spiro atoms. The van der Waals surface area contributed by atoms with Crippen LogP contribution in [0.1, 0.15) is 26.2 Å². The lowest BCUT2D eigenvalue weighted by atomic mass is 10.2. The Balaban J connectivity index is 1.72. The first-order valence-corrected chi connectivity index (χ1v) is 10.0. The van der Waals surface area contributed by atoms with Crippen molar-refractivity contribution in [1.82, 2.24) is 19.7 Å². The second kappa shape index (κ2) is 7.44. The fourth-order valence-electron chi connectivity index (χ4n) is 3.51. The Morgan fingerprint density at radius 2 is 2.04 bits per heavy atom. The van der Waals surface area contributed by atoms with Crippen LogP contribution in [0.4, 0.5) is 5.82 Å². The second-order valence-corrected chi connectivity index (χ2v) is 7.92. The van der Waals surface area contributed by atoms with Crippen LogP contribution in [0.2, 0.25) is 0 Å². The zero-order valence-corrected chi connectivity index (χ0v) is 15.3. The van der Waals surface area contributed by atoms with E-state index in [2.05, 4.69) is 38.7 Å². The zero-order chi connectivity index (χ0) is 17.1. The van der Waals surface area contributed by atoms with Gasteiger partial charge < -0.3 is 4.90 Å². The average Bonchev–Trinajstić information content (AvgIpc) is 2.95. The quantitative estimate of drug-likeness (QED) is 0.711. The highest BCUT2D eigenvalue weighted by Crippen LogP contribution is 2.29. The molecule has 0 saturated carbocycles. The molecular weight excluding hydrogens is 330 g/mol. The van der Waals surface area contributed by atoms with Crippen molar-refractivity contribution in [1.29, 1.82) is 0 Å². The van der Waals surface area contributed by atoms with E-state index in [1.54, 1.807) is 6.33 Å². The van der Waals surface area contributed by atoms with Crippen molar-refractivity contribution < 1.29 is 0 Å². The Hall–Kier alpha value is -2.08. The summed E-state index contributed by atoms with van der Waals surface area (Å²) >= 11 is 2.07. The Morgan fingerprint density at radius 1 is 1.16 bits per heavy atom. The first-order valence-electron chi connectivity index (χ1n) is 8.97. The molecule has 0 amide bonds. The lowest BCUT2D eigenvalue weighted by Gasteiger charge is -2.25. The van der Waals surface area contributed by atoms with Gasteiger partial charge in [-0.1, -0.05) is 31.5 Å². The molecule has 1 aromatic carbocycles. The van der Waals surface area contributed by atoms with Gasteiger partial charge in [-0.3, -0.25) is 0 Å². The van der Waals surface area contributed by atoms with E-state index in [9.17, 15) is 0 Å². The monoisotopic (exact) mass is 353 g/mol. The second-order valence-electron chi connectivity index (χ2n) is 6.35. The zero-order valence-electron chi connectivity index (χ0n) is 14.5. The van der Waals surface area contributed by atoms with Crippen LogP contribution in [0.25, 0.3) is 16.7 Å². The highest BCUT2D eigenvalue weighted by molar-refractivity contribution is 7.99. The third-order valence-corrected chi connectivity index (χ3v) is 5.87. The molecule has 1 aliphatic heterocycles. The summed E-state index contributed by atoms with van der Waals surface area (Å²) < 4.78 is 1.90. The number of anilines is 1. The molecule has 1 atom stereocenters. The number of nitrogens with zero attached hydrogens (tertiary/aromatic N) is 5. The van der Waals surface area contributed by atoms with E-state index < -0.39 is 0 Å². The number of benzene rings is 1. The summed E-state index contributed by atoms with van der Waals surface area (Å²) in [5, 5.41) is 6.30. The molecule has 130 valence electrons. The van der Waals surface area contributed by atoms with Crippen LogP contribution in [-0.4, -0.2) is 43.8 Å². The summed E-state index contributed by atoms with van der Waals surface area (Å²) in [5.41, 5.74) is 1.90. The number of aromatic nitrogens is 4. The third kappa shape index (κ3) is 3.35. The summed E-state index contributed by atoms with van der Waals surface area (Å²) in [6, 6.07) is 10.2. The minimum atomic E-state index is 0.682. The van der Waals surface area contributed by atoms with Crippen molar-refractivity contribution in [2.45, 2.75) is 31.4 Å². The molecule has 3 heterocycles.